The molecule has 1 N–H and O–H groups in total. The SMILES string of the molecule is C=CCCC(O)c1cc(Cl)sc1Cl. The van der Waals surface area contributed by atoms with Gasteiger partial charge < -0.3 is 5.11 Å². The molecule has 1 aromatic heterocycles. The molecule has 0 aliphatic heterocycles. The van der Waals surface area contributed by atoms with Gasteiger partial charge in [0.25, 0.3) is 0 Å². The van der Waals surface area contributed by atoms with Crippen LogP contribution in [0.15, 0.2) is 18.7 Å². The molecule has 13 heavy (non-hydrogen) atoms. The molecule has 1 nitrogen and oxygen atoms in total. The lowest BCUT2D eigenvalue weighted by Crippen LogP contribution is -1.94. The minimum Gasteiger partial charge on any atom is -0.388 e. The third kappa shape index (κ3) is 2.99. The highest BCUT2D eigenvalue weighted by molar-refractivity contribution is 7.20. The average molecular weight is 237 g/mol. The van der Waals surface area contributed by atoms with E-state index in [2.05, 4.69) is 6.58 Å². The van der Waals surface area contributed by atoms with Crippen LogP contribution in [0.2, 0.25) is 8.67 Å². The molecule has 0 fully saturated rings. The highest BCUT2D eigenvalue weighted by Gasteiger charge is 2.13. The van der Waals surface area contributed by atoms with Crippen LogP contribution in [0, 0.1) is 0 Å². The first-order valence-corrected chi connectivity index (χ1v) is 5.46. The van der Waals surface area contributed by atoms with E-state index in [1.807, 2.05) is 0 Å². The van der Waals surface area contributed by atoms with Crippen molar-refractivity contribution in [3.63, 3.8) is 0 Å². The first-order valence-electron chi connectivity index (χ1n) is 3.89. The van der Waals surface area contributed by atoms with Gasteiger partial charge in [-0.25, -0.2) is 0 Å². The maximum Gasteiger partial charge on any atom is 0.100 e. The van der Waals surface area contributed by atoms with Crippen LogP contribution in [-0.4, -0.2) is 5.11 Å². The number of rotatable bonds is 4. The molecule has 1 heterocycles. The summed E-state index contributed by atoms with van der Waals surface area (Å²) in [7, 11) is 0. The smallest absolute Gasteiger partial charge is 0.100 e. The number of allylic oxidation sites excluding steroid dienone is 1. The third-order valence-electron chi connectivity index (χ3n) is 1.69. The molecule has 1 aromatic rings. The van der Waals surface area contributed by atoms with E-state index in [9.17, 15) is 5.11 Å². The molecule has 4 heteroatoms. The Bertz CT molecular complexity index is 296. The van der Waals surface area contributed by atoms with Crippen LogP contribution in [0.3, 0.4) is 0 Å². The summed E-state index contributed by atoms with van der Waals surface area (Å²) in [6.45, 7) is 3.59. The predicted molar refractivity (Wildman–Crippen MR) is 58.7 cm³/mol. The molecule has 0 bridgehead atoms. The van der Waals surface area contributed by atoms with E-state index in [1.54, 1.807) is 12.1 Å². The minimum absolute atomic E-state index is 0.533. The van der Waals surface area contributed by atoms with Gasteiger partial charge in [0, 0.05) is 5.56 Å². The van der Waals surface area contributed by atoms with Crippen LogP contribution in [0.25, 0.3) is 0 Å². The lowest BCUT2D eigenvalue weighted by atomic mass is 10.1. The van der Waals surface area contributed by atoms with Gasteiger partial charge in [-0.05, 0) is 18.9 Å². The van der Waals surface area contributed by atoms with E-state index in [0.717, 1.165) is 12.0 Å². The molecule has 1 rings (SSSR count). The van der Waals surface area contributed by atoms with E-state index in [1.165, 1.54) is 11.3 Å². The topological polar surface area (TPSA) is 20.2 Å². The van der Waals surface area contributed by atoms with Gasteiger partial charge in [-0.15, -0.1) is 17.9 Å². The summed E-state index contributed by atoms with van der Waals surface area (Å²) < 4.78 is 1.18. The zero-order chi connectivity index (χ0) is 9.84. The van der Waals surface area contributed by atoms with Crippen molar-refractivity contribution in [2.45, 2.75) is 18.9 Å². The van der Waals surface area contributed by atoms with E-state index in [-0.39, 0.29) is 0 Å². The molecule has 1 atom stereocenters. The van der Waals surface area contributed by atoms with Crippen molar-refractivity contribution in [2.24, 2.45) is 0 Å². The standard InChI is InChI=1S/C9H10Cl2OS/c1-2-3-4-7(12)6-5-8(10)13-9(6)11/h2,5,7,12H,1,3-4H2. The Hall–Kier alpha value is -0.0200. The summed E-state index contributed by atoms with van der Waals surface area (Å²) in [5.41, 5.74) is 0.721. The molecule has 0 saturated carbocycles. The van der Waals surface area contributed by atoms with Crippen molar-refractivity contribution in [1.29, 1.82) is 0 Å². The van der Waals surface area contributed by atoms with Crippen LogP contribution in [-0.2, 0) is 0 Å². The summed E-state index contributed by atoms with van der Waals surface area (Å²) >= 11 is 12.9. The maximum absolute atomic E-state index is 9.66. The van der Waals surface area contributed by atoms with Crippen LogP contribution in [0.5, 0.6) is 0 Å². The van der Waals surface area contributed by atoms with Gasteiger partial charge in [-0.3, -0.25) is 0 Å². The minimum atomic E-state index is -0.533. The molecule has 0 radical (unpaired) electrons. The molecule has 0 aliphatic carbocycles. The molecule has 0 amide bonds. The number of hydrogen-bond acceptors (Lipinski definition) is 2. The highest BCUT2D eigenvalue weighted by Crippen LogP contribution is 2.36. The van der Waals surface area contributed by atoms with Gasteiger partial charge >= 0.3 is 0 Å². The molecule has 0 aromatic carbocycles. The first-order chi connectivity index (χ1) is 6.15. The van der Waals surface area contributed by atoms with E-state index in [0.29, 0.717) is 15.1 Å². The summed E-state index contributed by atoms with van der Waals surface area (Å²) in [5.74, 6) is 0. The summed E-state index contributed by atoms with van der Waals surface area (Å²) in [6.07, 6.45) is 2.64. The van der Waals surface area contributed by atoms with Crippen molar-refractivity contribution in [3.05, 3.63) is 33.0 Å². The Morgan fingerprint density at radius 2 is 2.31 bits per heavy atom. The quantitative estimate of drug-likeness (QED) is 0.783. The van der Waals surface area contributed by atoms with Gasteiger partial charge in [-0.2, -0.15) is 0 Å². The summed E-state index contributed by atoms with van der Waals surface area (Å²) in [5, 5.41) is 9.66. The Morgan fingerprint density at radius 1 is 1.62 bits per heavy atom. The summed E-state index contributed by atoms with van der Waals surface area (Å²) in [4.78, 5) is 0. The molecular weight excluding hydrogens is 227 g/mol. The van der Waals surface area contributed by atoms with Crippen LogP contribution in [0.4, 0.5) is 0 Å². The fourth-order valence-electron chi connectivity index (χ4n) is 1.01. The van der Waals surface area contributed by atoms with Gasteiger partial charge in [-0.1, -0.05) is 29.3 Å². The fraction of sp³-hybridized carbons (Fsp3) is 0.333. The van der Waals surface area contributed by atoms with Gasteiger partial charge in [0.1, 0.15) is 4.34 Å². The predicted octanol–water partition coefficient (Wildman–Crippen LogP) is 4.05. The number of hydrogen-bond donors (Lipinski definition) is 1. The molecule has 72 valence electrons. The summed E-state index contributed by atoms with van der Waals surface area (Å²) in [6, 6.07) is 1.71. The molecular formula is C9H10Cl2OS. The number of thiophene rings is 1. The average Bonchev–Trinajstić information content (AvgIpc) is 2.41. The van der Waals surface area contributed by atoms with Crippen molar-refractivity contribution >= 4 is 34.5 Å². The van der Waals surface area contributed by atoms with Crippen LogP contribution < -0.4 is 0 Å². The fourth-order valence-corrected chi connectivity index (χ4v) is 2.58. The largest absolute Gasteiger partial charge is 0.388 e. The third-order valence-corrected chi connectivity index (χ3v) is 3.20. The molecule has 0 aliphatic rings. The van der Waals surface area contributed by atoms with Crippen LogP contribution >= 0.6 is 34.5 Å². The maximum atomic E-state index is 9.66. The first kappa shape index (κ1) is 11.1. The zero-order valence-corrected chi connectivity index (χ0v) is 9.29. The lowest BCUT2D eigenvalue weighted by molar-refractivity contribution is 0.169. The Balaban J connectivity index is 2.69. The zero-order valence-electron chi connectivity index (χ0n) is 6.96. The van der Waals surface area contributed by atoms with E-state index < -0.39 is 6.10 Å². The van der Waals surface area contributed by atoms with Gasteiger partial charge in [0.2, 0.25) is 0 Å². The Morgan fingerprint density at radius 3 is 2.77 bits per heavy atom. The second-order valence-electron chi connectivity index (χ2n) is 2.66. The van der Waals surface area contributed by atoms with E-state index in [4.69, 9.17) is 23.2 Å². The lowest BCUT2D eigenvalue weighted by Gasteiger charge is -2.06. The second kappa shape index (κ2) is 5.01. The van der Waals surface area contributed by atoms with Crippen molar-refractivity contribution < 1.29 is 5.11 Å². The number of halogens is 2. The van der Waals surface area contributed by atoms with Crippen molar-refractivity contribution in [3.8, 4) is 0 Å². The Labute approximate surface area is 91.6 Å². The number of aliphatic hydroxyl groups excluding tert-OH is 1. The second-order valence-corrected chi connectivity index (χ2v) is 4.95. The Kier molecular flexibility index (Phi) is 4.26. The molecule has 1 unspecified atom stereocenters. The monoisotopic (exact) mass is 236 g/mol. The highest BCUT2D eigenvalue weighted by atomic mass is 35.5. The van der Waals surface area contributed by atoms with Crippen molar-refractivity contribution in [1.82, 2.24) is 0 Å². The molecule has 0 saturated heterocycles. The molecule has 0 spiro atoms. The number of aliphatic hydroxyl groups is 1. The van der Waals surface area contributed by atoms with Crippen LogP contribution in [0.1, 0.15) is 24.5 Å². The van der Waals surface area contributed by atoms with E-state index >= 15 is 0 Å². The van der Waals surface area contributed by atoms with Gasteiger partial charge in [0.05, 0.1) is 10.4 Å². The van der Waals surface area contributed by atoms with Gasteiger partial charge in [0.15, 0.2) is 0 Å². The van der Waals surface area contributed by atoms with Crippen molar-refractivity contribution in [2.75, 3.05) is 0 Å². The normalized spacial score (nSPS) is 12.8.